The van der Waals surface area contributed by atoms with Gasteiger partial charge in [0.2, 0.25) is 0 Å². The molecule has 2 saturated heterocycles. The smallest absolute Gasteiger partial charge is 0.0137 e. The second-order valence-electron chi connectivity index (χ2n) is 6.09. The quantitative estimate of drug-likeness (QED) is 0.771. The SMILES string of the molecule is CCC1C2CNCC2CN1CCCC(C)C. The largest absolute Gasteiger partial charge is 0.316 e. The minimum absolute atomic E-state index is 0.865. The fourth-order valence-electron chi connectivity index (χ4n) is 3.63. The predicted octanol–water partition coefficient (Wildman–Crippen LogP) is 2.35. The van der Waals surface area contributed by atoms with Crippen LogP contribution in [0.15, 0.2) is 0 Å². The zero-order valence-electron chi connectivity index (χ0n) is 11.2. The summed E-state index contributed by atoms with van der Waals surface area (Å²) in [5, 5.41) is 3.56. The second-order valence-corrected chi connectivity index (χ2v) is 6.09. The molecule has 0 aromatic carbocycles. The maximum Gasteiger partial charge on any atom is 0.0137 e. The maximum atomic E-state index is 3.56. The Hall–Kier alpha value is -0.0800. The Morgan fingerprint density at radius 1 is 1.31 bits per heavy atom. The first-order valence-electron chi connectivity index (χ1n) is 7.17. The number of likely N-dealkylation sites (tertiary alicyclic amines) is 1. The van der Waals surface area contributed by atoms with Gasteiger partial charge < -0.3 is 5.32 Å². The molecule has 2 nitrogen and oxygen atoms in total. The van der Waals surface area contributed by atoms with Gasteiger partial charge in [0.15, 0.2) is 0 Å². The monoisotopic (exact) mass is 224 g/mol. The van der Waals surface area contributed by atoms with Gasteiger partial charge in [-0.25, -0.2) is 0 Å². The van der Waals surface area contributed by atoms with Gasteiger partial charge in [-0.1, -0.05) is 20.8 Å². The fourth-order valence-corrected chi connectivity index (χ4v) is 3.63. The third-order valence-corrected chi connectivity index (χ3v) is 4.47. The first kappa shape index (κ1) is 12.4. The predicted molar refractivity (Wildman–Crippen MR) is 69.6 cm³/mol. The Bertz CT molecular complexity index is 215. The van der Waals surface area contributed by atoms with Crippen molar-refractivity contribution in [3.05, 3.63) is 0 Å². The summed E-state index contributed by atoms with van der Waals surface area (Å²) in [4.78, 5) is 2.78. The molecule has 3 unspecified atom stereocenters. The molecule has 1 N–H and O–H groups in total. The van der Waals surface area contributed by atoms with Crippen LogP contribution in [-0.4, -0.2) is 37.1 Å². The summed E-state index contributed by atoms with van der Waals surface area (Å²) in [7, 11) is 0. The molecule has 0 aromatic rings. The van der Waals surface area contributed by atoms with Crippen molar-refractivity contribution in [2.45, 2.75) is 46.1 Å². The lowest BCUT2D eigenvalue weighted by Crippen LogP contribution is -2.35. The van der Waals surface area contributed by atoms with Gasteiger partial charge in [0.25, 0.3) is 0 Å². The van der Waals surface area contributed by atoms with Gasteiger partial charge >= 0.3 is 0 Å². The van der Waals surface area contributed by atoms with Crippen LogP contribution in [0.3, 0.4) is 0 Å². The number of hydrogen-bond donors (Lipinski definition) is 1. The van der Waals surface area contributed by atoms with Crippen LogP contribution in [0.4, 0.5) is 0 Å². The Morgan fingerprint density at radius 3 is 2.81 bits per heavy atom. The standard InChI is InChI=1S/C14H28N2/c1-4-14-13-9-15-8-12(13)10-16(14)7-5-6-11(2)3/h11-15H,4-10H2,1-3H3. The van der Waals surface area contributed by atoms with Gasteiger partial charge in [0.1, 0.15) is 0 Å². The molecule has 2 aliphatic heterocycles. The fraction of sp³-hybridized carbons (Fsp3) is 1.00. The van der Waals surface area contributed by atoms with E-state index in [9.17, 15) is 0 Å². The van der Waals surface area contributed by atoms with Crippen LogP contribution in [0.2, 0.25) is 0 Å². The third kappa shape index (κ3) is 2.60. The van der Waals surface area contributed by atoms with Crippen molar-refractivity contribution >= 4 is 0 Å². The van der Waals surface area contributed by atoms with E-state index < -0.39 is 0 Å². The zero-order chi connectivity index (χ0) is 11.5. The van der Waals surface area contributed by atoms with E-state index in [2.05, 4.69) is 31.0 Å². The van der Waals surface area contributed by atoms with Gasteiger partial charge in [0.05, 0.1) is 0 Å². The van der Waals surface area contributed by atoms with Crippen LogP contribution in [-0.2, 0) is 0 Å². The molecular weight excluding hydrogens is 196 g/mol. The molecule has 2 rings (SSSR count). The summed E-state index contributed by atoms with van der Waals surface area (Å²) in [6, 6.07) is 0.868. The second kappa shape index (κ2) is 5.50. The van der Waals surface area contributed by atoms with E-state index in [1.165, 1.54) is 45.4 Å². The van der Waals surface area contributed by atoms with Crippen LogP contribution in [0, 0.1) is 17.8 Å². The first-order chi connectivity index (χ1) is 7.72. The molecule has 2 heteroatoms. The molecule has 0 aromatic heterocycles. The molecule has 0 bridgehead atoms. The first-order valence-corrected chi connectivity index (χ1v) is 7.17. The van der Waals surface area contributed by atoms with Gasteiger partial charge in [0, 0.05) is 12.6 Å². The lowest BCUT2D eigenvalue weighted by Gasteiger charge is -2.26. The zero-order valence-corrected chi connectivity index (χ0v) is 11.2. The van der Waals surface area contributed by atoms with Crippen LogP contribution in [0.1, 0.15) is 40.0 Å². The average molecular weight is 224 g/mol. The highest BCUT2D eigenvalue weighted by atomic mass is 15.2. The Morgan fingerprint density at radius 2 is 2.12 bits per heavy atom. The molecule has 0 spiro atoms. The Kier molecular flexibility index (Phi) is 4.26. The van der Waals surface area contributed by atoms with E-state index >= 15 is 0 Å². The lowest BCUT2D eigenvalue weighted by molar-refractivity contribution is 0.211. The highest BCUT2D eigenvalue weighted by Gasteiger charge is 2.42. The highest BCUT2D eigenvalue weighted by Crippen LogP contribution is 2.34. The molecule has 16 heavy (non-hydrogen) atoms. The van der Waals surface area contributed by atoms with Crippen molar-refractivity contribution in [1.82, 2.24) is 10.2 Å². The molecular formula is C14H28N2. The summed E-state index contributed by atoms with van der Waals surface area (Å²) in [6.07, 6.45) is 4.12. The highest BCUT2D eigenvalue weighted by molar-refractivity contribution is 4.97. The topological polar surface area (TPSA) is 15.3 Å². The lowest BCUT2D eigenvalue weighted by atomic mass is 9.93. The van der Waals surface area contributed by atoms with Crippen molar-refractivity contribution in [1.29, 1.82) is 0 Å². The molecule has 2 fully saturated rings. The molecule has 0 radical (unpaired) electrons. The van der Waals surface area contributed by atoms with E-state index in [0.717, 1.165) is 23.8 Å². The minimum Gasteiger partial charge on any atom is -0.316 e. The molecule has 0 aliphatic carbocycles. The number of hydrogen-bond acceptors (Lipinski definition) is 2. The number of nitrogens with zero attached hydrogens (tertiary/aromatic N) is 1. The van der Waals surface area contributed by atoms with Crippen LogP contribution < -0.4 is 5.32 Å². The molecule has 3 atom stereocenters. The molecule has 2 heterocycles. The number of nitrogens with one attached hydrogen (secondary N) is 1. The van der Waals surface area contributed by atoms with E-state index in [-0.39, 0.29) is 0 Å². The van der Waals surface area contributed by atoms with Gasteiger partial charge in [-0.05, 0) is 56.7 Å². The van der Waals surface area contributed by atoms with Crippen LogP contribution in [0.5, 0.6) is 0 Å². The molecule has 94 valence electrons. The van der Waals surface area contributed by atoms with Crippen LogP contribution in [0.25, 0.3) is 0 Å². The Labute approximate surface area is 101 Å². The molecule has 2 aliphatic rings. The van der Waals surface area contributed by atoms with Crippen LogP contribution >= 0.6 is 0 Å². The summed E-state index contributed by atoms with van der Waals surface area (Å²) in [5.74, 6) is 2.76. The summed E-state index contributed by atoms with van der Waals surface area (Å²) < 4.78 is 0. The summed E-state index contributed by atoms with van der Waals surface area (Å²) in [6.45, 7) is 12.3. The van der Waals surface area contributed by atoms with E-state index in [1.807, 2.05) is 0 Å². The van der Waals surface area contributed by atoms with Gasteiger partial charge in [-0.15, -0.1) is 0 Å². The van der Waals surface area contributed by atoms with Crippen molar-refractivity contribution in [2.24, 2.45) is 17.8 Å². The van der Waals surface area contributed by atoms with Crippen molar-refractivity contribution in [2.75, 3.05) is 26.2 Å². The van der Waals surface area contributed by atoms with Crippen molar-refractivity contribution in [3.8, 4) is 0 Å². The Balaban J connectivity index is 1.81. The summed E-state index contributed by atoms with van der Waals surface area (Å²) >= 11 is 0. The number of fused-ring (bicyclic) bond motifs is 1. The number of rotatable bonds is 5. The molecule has 0 amide bonds. The van der Waals surface area contributed by atoms with Gasteiger partial charge in [-0.3, -0.25) is 4.90 Å². The van der Waals surface area contributed by atoms with E-state index in [1.54, 1.807) is 0 Å². The normalized spacial score (nSPS) is 34.9. The van der Waals surface area contributed by atoms with Gasteiger partial charge in [-0.2, -0.15) is 0 Å². The third-order valence-electron chi connectivity index (χ3n) is 4.47. The van der Waals surface area contributed by atoms with Crippen molar-refractivity contribution in [3.63, 3.8) is 0 Å². The molecule has 0 saturated carbocycles. The van der Waals surface area contributed by atoms with Crippen molar-refractivity contribution < 1.29 is 0 Å². The minimum atomic E-state index is 0.865. The summed E-state index contributed by atoms with van der Waals surface area (Å²) in [5.41, 5.74) is 0. The van der Waals surface area contributed by atoms with E-state index in [0.29, 0.717) is 0 Å². The van der Waals surface area contributed by atoms with E-state index in [4.69, 9.17) is 0 Å². The average Bonchev–Trinajstić information content (AvgIpc) is 2.76. The maximum absolute atomic E-state index is 3.56.